The van der Waals surface area contributed by atoms with Crippen LogP contribution >= 0.6 is 15.9 Å². The molecule has 2 rings (SSSR count). The number of hydrogen-bond acceptors (Lipinski definition) is 3. The van der Waals surface area contributed by atoms with Gasteiger partial charge in [0.25, 0.3) is 0 Å². The summed E-state index contributed by atoms with van der Waals surface area (Å²) >= 11 is 3.46. The molecular weight excluding hydrogens is 344 g/mol. The molecule has 1 aliphatic rings. The molecule has 0 bridgehead atoms. The number of piperidine rings is 1. The maximum absolute atomic E-state index is 11.7. The van der Waals surface area contributed by atoms with Crippen molar-refractivity contribution in [3.8, 4) is 0 Å². The van der Waals surface area contributed by atoms with Crippen LogP contribution in [-0.4, -0.2) is 31.3 Å². The first-order chi connectivity index (χ1) is 10.3. The quantitative estimate of drug-likeness (QED) is 0.869. The Kier molecular flexibility index (Phi) is 5.73. The summed E-state index contributed by atoms with van der Waals surface area (Å²) in [7, 11) is 0. The Hall–Kier alpha value is -1.23. The lowest BCUT2D eigenvalue weighted by atomic mass is 9.96. The van der Waals surface area contributed by atoms with E-state index in [0.717, 1.165) is 30.4 Å². The lowest BCUT2D eigenvalue weighted by molar-refractivity contribution is 0.0517. The number of carbonyl (C=O) groups excluding carboxylic acids is 1. The number of alkyl carbamates (subject to hydrolysis) is 1. The van der Waals surface area contributed by atoms with Crippen LogP contribution in [0.15, 0.2) is 28.7 Å². The van der Waals surface area contributed by atoms with Crippen LogP contribution in [0.2, 0.25) is 0 Å². The number of carbonyl (C=O) groups is 1. The Morgan fingerprint density at radius 3 is 2.41 bits per heavy atom. The van der Waals surface area contributed by atoms with E-state index in [-0.39, 0.29) is 6.09 Å². The minimum Gasteiger partial charge on any atom is -0.444 e. The maximum Gasteiger partial charge on any atom is 0.407 e. The van der Waals surface area contributed by atoms with Gasteiger partial charge >= 0.3 is 6.09 Å². The van der Waals surface area contributed by atoms with E-state index >= 15 is 0 Å². The molecule has 0 aromatic heterocycles. The number of hydrogen-bond donors (Lipinski definition) is 1. The summed E-state index contributed by atoms with van der Waals surface area (Å²) in [5, 5.41) is 2.89. The van der Waals surface area contributed by atoms with Crippen molar-refractivity contribution in [1.29, 1.82) is 0 Å². The van der Waals surface area contributed by atoms with E-state index < -0.39 is 5.60 Å². The topological polar surface area (TPSA) is 41.6 Å². The molecule has 1 aliphatic heterocycles. The smallest absolute Gasteiger partial charge is 0.407 e. The van der Waals surface area contributed by atoms with Crippen LogP contribution in [0.25, 0.3) is 0 Å². The van der Waals surface area contributed by atoms with Gasteiger partial charge in [-0.3, -0.25) is 0 Å². The van der Waals surface area contributed by atoms with Crippen molar-refractivity contribution in [3.63, 3.8) is 0 Å². The van der Waals surface area contributed by atoms with Crippen LogP contribution < -0.4 is 10.2 Å². The fourth-order valence-corrected chi connectivity index (χ4v) is 2.85. The highest BCUT2D eigenvalue weighted by Gasteiger charge is 2.21. The number of ether oxygens (including phenoxy) is 1. The van der Waals surface area contributed by atoms with Gasteiger partial charge in [-0.1, -0.05) is 15.9 Å². The van der Waals surface area contributed by atoms with Gasteiger partial charge in [0, 0.05) is 29.8 Å². The number of rotatable bonds is 3. The molecule has 0 atom stereocenters. The molecule has 22 heavy (non-hydrogen) atoms. The zero-order valence-corrected chi connectivity index (χ0v) is 15.1. The molecule has 4 nitrogen and oxygen atoms in total. The fraction of sp³-hybridized carbons (Fsp3) is 0.588. The summed E-state index contributed by atoms with van der Waals surface area (Å²) < 4.78 is 6.37. The van der Waals surface area contributed by atoms with Crippen LogP contribution in [0.3, 0.4) is 0 Å². The molecule has 0 radical (unpaired) electrons. The summed E-state index contributed by atoms with van der Waals surface area (Å²) in [6.45, 7) is 8.39. The molecule has 122 valence electrons. The second kappa shape index (κ2) is 7.36. The Labute approximate surface area is 141 Å². The number of nitrogens with one attached hydrogen (secondary N) is 1. The first-order valence-corrected chi connectivity index (χ1v) is 8.60. The van der Waals surface area contributed by atoms with Gasteiger partial charge in [0.2, 0.25) is 0 Å². The van der Waals surface area contributed by atoms with Gasteiger partial charge in [-0.15, -0.1) is 0 Å². The number of benzene rings is 1. The Morgan fingerprint density at radius 1 is 1.27 bits per heavy atom. The van der Waals surface area contributed by atoms with E-state index in [0.29, 0.717) is 12.5 Å². The molecule has 5 heteroatoms. The highest BCUT2D eigenvalue weighted by molar-refractivity contribution is 9.10. The van der Waals surface area contributed by atoms with E-state index in [1.807, 2.05) is 20.8 Å². The zero-order valence-electron chi connectivity index (χ0n) is 13.6. The molecule has 1 fully saturated rings. The minimum absolute atomic E-state index is 0.317. The van der Waals surface area contributed by atoms with Crippen LogP contribution in [0, 0.1) is 5.92 Å². The molecule has 0 saturated carbocycles. The van der Waals surface area contributed by atoms with E-state index in [1.165, 1.54) is 5.69 Å². The first kappa shape index (κ1) is 17.1. The Bertz CT molecular complexity index is 488. The third-order valence-electron chi connectivity index (χ3n) is 3.74. The molecule has 1 heterocycles. The molecule has 1 saturated heterocycles. The summed E-state index contributed by atoms with van der Waals surface area (Å²) in [4.78, 5) is 14.1. The summed E-state index contributed by atoms with van der Waals surface area (Å²) in [5.74, 6) is 0.527. The molecule has 0 unspecified atom stereocenters. The van der Waals surface area contributed by atoms with Gasteiger partial charge in [0.05, 0.1) is 0 Å². The first-order valence-electron chi connectivity index (χ1n) is 7.81. The van der Waals surface area contributed by atoms with Crippen molar-refractivity contribution >= 4 is 27.7 Å². The van der Waals surface area contributed by atoms with Crippen LogP contribution in [-0.2, 0) is 4.74 Å². The van der Waals surface area contributed by atoms with Crippen LogP contribution in [0.4, 0.5) is 10.5 Å². The van der Waals surface area contributed by atoms with E-state index in [4.69, 9.17) is 4.74 Å². The van der Waals surface area contributed by atoms with E-state index in [9.17, 15) is 4.79 Å². The van der Waals surface area contributed by atoms with Gasteiger partial charge in [-0.05, 0) is 63.8 Å². The molecule has 0 spiro atoms. The van der Waals surface area contributed by atoms with Crippen molar-refractivity contribution in [1.82, 2.24) is 5.32 Å². The summed E-state index contributed by atoms with van der Waals surface area (Å²) in [6, 6.07) is 8.43. The predicted molar refractivity (Wildman–Crippen MR) is 93.3 cm³/mol. The number of nitrogens with zero attached hydrogens (tertiary/aromatic N) is 1. The second-order valence-corrected chi connectivity index (χ2v) is 7.71. The molecule has 1 N–H and O–H groups in total. The predicted octanol–water partition coefficient (Wildman–Crippen LogP) is 4.19. The van der Waals surface area contributed by atoms with Crippen molar-refractivity contribution in [2.45, 2.75) is 39.2 Å². The third-order valence-corrected chi connectivity index (χ3v) is 4.27. The number of anilines is 1. The van der Waals surface area contributed by atoms with Gasteiger partial charge in [-0.2, -0.15) is 0 Å². The summed E-state index contributed by atoms with van der Waals surface area (Å²) in [5.41, 5.74) is 0.830. The van der Waals surface area contributed by atoms with Crippen molar-refractivity contribution in [2.24, 2.45) is 5.92 Å². The highest BCUT2D eigenvalue weighted by Crippen LogP contribution is 2.24. The van der Waals surface area contributed by atoms with Gasteiger partial charge in [0.1, 0.15) is 5.60 Å². The summed E-state index contributed by atoms with van der Waals surface area (Å²) in [6.07, 6.45) is 1.86. The lowest BCUT2D eigenvalue weighted by Gasteiger charge is -2.33. The second-order valence-electron chi connectivity index (χ2n) is 6.79. The van der Waals surface area contributed by atoms with Crippen molar-refractivity contribution in [2.75, 3.05) is 24.5 Å². The molecule has 1 aromatic rings. The molecular formula is C17H25BrN2O2. The van der Waals surface area contributed by atoms with Crippen LogP contribution in [0.1, 0.15) is 33.6 Å². The average molecular weight is 369 g/mol. The SMILES string of the molecule is CC(C)(C)OC(=O)NCC1CCN(c2ccc(Br)cc2)CC1. The number of amides is 1. The molecule has 1 aromatic carbocycles. The normalized spacial score (nSPS) is 16.5. The molecule has 1 amide bonds. The fourth-order valence-electron chi connectivity index (χ4n) is 2.59. The standard InChI is InChI=1S/C17H25BrN2O2/c1-17(2,3)22-16(21)19-12-13-8-10-20(11-9-13)15-6-4-14(18)5-7-15/h4-7,13H,8-12H2,1-3H3,(H,19,21). The van der Waals surface area contributed by atoms with E-state index in [1.54, 1.807) is 0 Å². The monoisotopic (exact) mass is 368 g/mol. The lowest BCUT2D eigenvalue weighted by Crippen LogP contribution is -2.40. The van der Waals surface area contributed by atoms with Crippen molar-refractivity contribution < 1.29 is 9.53 Å². The maximum atomic E-state index is 11.7. The van der Waals surface area contributed by atoms with Crippen LogP contribution in [0.5, 0.6) is 0 Å². The van der Waals surface area contributed by atoms with Gasteiger partial charge < -0.3 is 15.0 Å². The third kappa shape index (κ3) is 5.52. The zero-order chi connectivity index (χ0) is 16.2. The Balaban J connectivity index is 1.73. The van der Waals surface area contributed by atoms with Gasteiger partial charge in [-0.25, -0.2) is 4.79 Å². The van der Waals surface area contributed by atoms with E-state index in [2.05, 4.69) is 50.4 Å². The van der Waals surface area contributed by atoms with Gasteiger partial charge in [0.15, 0.2) is 0 Å². The average Bonchev–Trinajstić information content (AvgIpc) is 2.45. The largest absolute Gasteiger partial charge is 0.444 e. The van der Waals surface area contributed by atoms with Crippen molar-refractivity contribution in [3.05, 3.63) is 28.7 Å². The highest BCUT2D eigenvalue weighted by atomic mass is 79.9. The minimum atomic E-state index is -0.435. The Morgan fingerprint density at radius 2 is 1.86 bits per heavy atom. The number of halogens is 1. The molecule has 0 aliphatic carbocycles.